The lowest BCUT2D eigenvalue weighted by molar-refractivity contribution is -0.149. The number of hydrogen-bond donors (Lipinski definition) is 0. The number of carbonyl (C=O) groups is 3. The Bertz CT molecular complexity index is 777. The lowest BCUT2D eigenvalue weighted by Crippen LogP contribution is -2.35. The van der Waals surface area contributed by atoms with Crippen LogP contribution in [0, 0.1) is 0 Å². The number of esters is 1. The van der Waals surface area contributed by atoms with Gasteiger partial charge in [-0.05, 0) is 53.7 Å². The fraction of sp³-hybridized carbons (Fsp3) is 0.353. The molecule has 1 aliphatic heterocycles. The van der Waals surface area contributed by atoms with Gasteiger partial charge in [-0.3, -0.25) is 19.3 Å². The Balaban J connectivity index is 2.27. The number of hydrogen-bond acceptors (Lipinski definition) is 7. The predicted molar refractivity (Wildman–Crippen MR) is 101 cm³/mol. The number of nitrogens with zero attached hydrogens (tertiary/aromatic N) is 1. The van der Waals surface area contributed by atoms with Crippen LogP contribution in [0.1, 0.15) is 19.4 Å². The fourth-order valence-corrected chi connectivity index (χ4v) is 3.56. The second-order valence-electron chi connectivity index (χ2n) is 5.54. The molecule has 0 radical (unpaired) electrons. The maximum Gasteiger partial charge on any atom is 0.326 e. The molecular formula is C17H18BrNO6S. The quantitative estimate of drug-likeness (QED) is 0.491. The number of methoxy groups -OCH3 is 2. The van der Waals surface area contributed by atoms with E-state index in [9.17, 15) is 14.4 Å². The van der Waals surface area contributed by atoms with Crippen LogP contribution in [0.25, 0.3) is 6.08 Å². The molecule has 2 amide bonds. The minimum atomic E-state index is -0.631. The third kappa shape index (κ3) is 4.59. The van der Waals surface area contributed by atoms with Gasteiger partial charge in [-0.2, -0.15) is 0 Å². The molecule has 0 atom stereocenters. The van der Waals surface area contributed by atoms with Gasteiger partial charge in [0.05, 0.1) is 29.7 Å². The highest BCUT2D eigenvalue weighted by Gasteiger charge is 2.37. The van der Waals surface area contributed by atoms with Crippen LogP contribution in [-0.4, -0.2) is 48.9 Å². The van der Waals surface area contributed by atoms with Crippen molar-refractivity contribution in [1.82, 2.24) is 4.90 Å². The molecule has 0 aliphatic carbocycles. The SMILES string of the molecule is COc1cc(OC)c(/C=C2/SC(=O)N(CC(=O)OC(C)C)C2=O)cc1Br. The van der Waals surface area contributed by atoms with Gasteiger partial charge in [-0.25, -0.2) is 0 Å². The molecular weight excluding hydrogens is 426 g/mol. The second kappa shape index (κ2) is 8.59. The Hall–Kier alpha value is -2.00. The average Bonchev–Trinajstić information content (AvgIpc) is 2.82. The van der Waals surface area contributed by atoms with Crippen LogP contribution in [0.2, 0.25) is 0 Å². The van der Waals surface area contributed by atoms with Gasteiger partial charge in [0.25, 0.3) is 11.1 Å². The maximum atomic E-state index is 12.5. The summed E-state index contributed by atoms with van der Waals surface area (Å²) >= 11 is 4.14. The molecule has 7 nitrogen and oxygen atoms in total. The van der Waals surface area contributed by atoms with Crippen molar-refractivity contribution < 1.29 is 28.6 Å². The molecule has 26 heavy (non-hydrogen) atoms. The van der Waals surface area contributed by atoms with Crippen molar-refractivity contribution in [3.8, 4) is 11.5 Å². The van der Waals surface area contributed by atoms with Crippen molar-refractivity contribution in [3.05, 3.63) is 27.1 Å². The van der Waals surface area contributed by atoms with Crippen LogP contribution in [-0.2, 0) is 14.3 Å². The van der Waals surface area contributed by atoms with Gasteiger partial charge in [-0.15, -0.1) is 0 Å². The van der Waals surface area contributed by atoms with E-state index in [-0.39, 0.29) is 11.0 Å². The first-order valence-corrected chi connectivity index (χ1v) is 9.24. The van der Waals surface area contributed by atoms with Crippen molar-refractivity contribution in [2.45, 2.75) is 20.0 Å². The first-order chi connectivity index (χ1) is 12.3. The van der Waals surface area contributed by atoms with Gasteiger partial charge in [0, 0.05) is 11.6 Å². The molecule has 1 fully saturated rings. The molecule has 0 aromatic heterocycles. The Morgan fingerprint density at radius 2 is 1.88 bits per heavy atom. The predicted octanol–water partition coefficient (Wildman–Crippen LogP) is 3.45. The fourth-order valence-electron chi connectivity index (χ4n) is 2.20. The van der Waals surface area contributed by atoms with Crippen molar-refractivity contribution in [3.63, 3.8) is 0 Å². The summed E-state index contributed by atoms with van der Waals surface area (Å²) in [7, 11) is 3.02. The van der Waals surface area contributed by atoms with E-state index < -0.39 is 23.7 Å². The zero-order valence-electron chi connectivity index (χ0n) is 14.7. The molecule has 1 saturated heterocycles. The van der Waals surface area contributed by atoms with E-state index in [0.717, 1.165) is 16.7 Å². The summed E-state index contributed by atoms with van der Waals surface area (Å²) in [6.45, 7) is 2.97. The molecule has 140 valence electrons. The van der Waals surface area contributed by atoms with E-state index in [4.69, 9.17) is 14.2 Å². The third-order valence-corrected chi connectivity index (χ3v) is 4.85. The van der Waals surface area contributed by atoms with Crippen LogP contribution in [0.5, 0.6) is 11.5 Å². The zero-order valence-corrected chi connectivity index (χ0v) is 17.1. The van der Waals surface area contributed by atoms with E-state index in [1.807, 2.05) is 0 Å². The van der Waals surface area contributed by atoms with Crippen LogP contribution >= 0.6 is 27.7 Å². The number of amides is 2. The van der Waals surface area contributed by atoms with E-state index >= 15 is 0 Å². The summed E-state index contributed by atoms with van der Waals surface area (Å²) in [6.07, 6.45) is 1.22. The number of ether oxygens (including phenoxy) is 3. The molecule has 0 spiro atoms. The van der Waals surface area contributed by atoms with Crippen LogP contribution < -0.4 is 9.47 Å². The Kier molecular flexibility index (Phi) is 6.71. The smallest absolute Gasteiger partial charge is 0.326 e. The van der Waals surface area contributed by atoms with Gasteiger partial charge >= 0.3 is 5.97 Å². The lowest BCUT2D eigenvalue weighted by atomic mass is 10.1. The Morgan fingerprint density at radius 1 is 1.23 bits per heavy atom. The Labute approximate surface area is 163 Å². The average molecular weight is 444 g/mol. The first kappa shape index (κ1) is 20.3. The largest absolute Gasteiger partial charge is 0.496 e. The highest BCUT2D eigenvalue weighted by molar-refractivity contribution is 9.10. The zero-order chi connectivity index (χ0) is 19.4. The molecule has 1 aliphatic rings. The standard InChI is InChI=1S/C17H18BrNO6S/c1-9(2)25-15(20)8-19-16(21)14(26-17(19)22)6-10-5-11(18)13(24-4)7-12(10)23-3/h5-7,9H,8H2,1-4H3/b14-6+. The second-order valence-corrected chi connectivity index (χ2v) is 7.38. The minimum Gasteiger partial charge on any atom is -0.496 e. The topological polar surface area (TPSA) is 82.1 Å². The summed E-state index contributed by atoms with van der Waals surface area (Å²) in [4.78, 5) is 37.4. The third-order valence-electron chi connectivity index (χ3n) is 3.32. The summed E-state index contributed by atoms with van der Waals surface area (Å²) < 4.78 is 16.2. The van der Waals surface area contributed by atoms with Gasteiger partial charge in [0.2, 0.25) is 0 Å². The monoisotopic (exact) mass is 443 g/mol. The van der Waals surface area contributed by atoms with E-state index in [2.05, 4.69) is 15.9 Å². The van der Waals surface area contributed by atoms with Crippen LogP contribution in [0.15, 0.2) is 21.5 Å². The van der Waals surface area contributed by atoms with Crippen molar-refractivity contribution in [2.75, 3.05) is 20.8 Å². The summed E-state index contributed by atoms with van der Waals surface area (Å²) in [5.41, 5.74) is 0.593. The number of benzene rings is 1. The van der Waals surface area contributed by atoms with E-state index in [1.165, 1.54) is 14.2 Å². The lowest BCUT2D eigenvalue weighted by Gasteiger charge is -2.13. The van der Waals surface area contributed by atoms with Crippen LogP contribution in [0.4, 0.5) is 4.79 Å². The van der Waals surface area contributed by atoms with Gasteiger partial charge in [0.15, 0.2) is 0 Å². The van der Waals surface area contributed by atoms with Crippen molar-refractivity contribution >= 4 is 50.9 Å². The molecule has 0 saturated carbocycles. The van der Waals surface area contributed by atoms with Gasteiger partial charge < -0.3 is 14.2 Å². The van der Waals surface area contributed by atoms with Crippen molar-refractivity contribution in [1.29, 1.82) is 0 Å². The summed E-state index contributed by atoms with van der Waals surface area (Å²) in [6, 6.07) is 3.39. The molecule has 0 bridgehead atoms. The van der Waals surface area contributed by atoms with Crippen LogP contribution in [0.3, 0.4) is 0 Å². The molecule has 1 aromatic rings. The van der Waals surface area contributed by atoms with Crippen molar-refractivity contribution in [2.24, 2.45) is 0 Å². The van der Waals surface area contributed by atoms with E-state index in [0.29, 0.717) is 21.5 Å². The number of imide groups is 1. The molecule has 0 N–H and O–H groups in total. The molecule has 1 aromatic carbocycles. The highest BCUT2D eigenvalue weighted by atomic mass is 79.9. The van der Waals surface area contributed by atoms with E-state index in [1.54, 1.807) is 32.1 Å². The summed E-state index contributed by atoms with van der Waals surface area (Å²) in [5.74, 6) is -0.123. The maximum absolute atomic E-state index is 12.5. The molecule has 2 rings (SSSR count). The Morgan fingerprint density at radius 3 is 2.46 bits per heavy atom. The number of thioether (sulfide) groups is 1. The molecule has 0 unspecified atom stereocenters. The number of carbonyl (C=O) groups excluding carboxylic acids is 3. The molecule has 1 heterocycles. The van der Waals surface area contributed by atoms with Gasteiger partial charge in [-0.1, -0.05) is 0 Å². The normalized spacial score (nSPS) is 15.8. The summed E-state index contributed by atoms with van der Waals surface area (Å²) in [5, 5.41) is -0.520. The number of halogens is 1. The highest BCUT2D eigenvalue weighted by Crippen LogP contribution is 2.37. The first-order valence-electron chi connectivity index (χ1n) is 7.63. The minimum absolute atomic E-state index is 0.197. The molecule has 9 heteroatoms. The number of rotatable bonds is 6. The van der Waals surface area contributed by atoms with Gasteiger partial charge in [0.1, 0.15) is 18.0 Å².